The number of hydrogen-bond acceptors (Lipinski definition) is 13. The fraction of sp³-hybridized carbons (Fsp3) is 0.381. The number of carbonyl (C=O) groups excluding carboxylic acids is 1. The van der Waals surface area contributed by atoms with Gasteiger partial charge in [0.25, 0.3) is 0 Å². The van der Waals surface area contributed by atoms with Crippen LogP contribution in [0.2, 0.25) is 0 Å². The first-order valence-electron chi connectivity index (χ1n) is 10.0. The monoisotopic (exact) mass is 482 g/mol. The van der Waals surface area contributed by atoms with Crippen molar-refractivity contribution in [2.75, 3.05) is 6.61 Å². The number of fused-ring (bicyclic) bond motifs is 1. The van der Waals surface area contributed by atoms with Crippen LogP contribution in [-0.2, 0) is 9.47 Å². The van der Waals surface area contributed by atoms with Crippen LogP contribution in [0.5, 0.6) is 34.5 Å². The lowest BCUT2D eigenvalue weighted by atomic mass is 9.91. The highest BCUT2D eigenvalue weighted by Gasteiger charge is 2.49. The number of ether oxygens (including phenoxy) is 3. The molecule has 184 valence electrons. The first-order valence-corrected chi connectivity index (χ1v) is 10.0. The van der Waals surface area contributed by atoms with Crippen molar-refractivity contribution in [3.63, 3.8) is 0 Å². The Balaban J connectivity index is 1.77. The Morgan fingerprint density at radius 3 is 2.12 bits per heavy atom. The van der Waals surface area contributed by atoms with Crippen LogP contribution >= 0.6 is 0 Å². The predicted octanol–water partition coefficient (Wildman–Crippen LogP) is -1.28. The Morgan fingerprint density at radius 2 is 1.50 bits per heavy atom. The largest absolute Gasteiger partial charge is 0.508 e. The van der Waals surface area contributed by atoms with Gasteiger partial charge in [0.05, 0.1) is 6.61 Å². The minimum Gasteiger partial charge on any atom is -0.508 e. The van der Waals surface area contributed by atoms with E-state index in [0.29, 0.717) is 0 Å². The average Bonchev–Trinajstić information content (AvgIpc) is 2.78. The van der Waals surface area contributed by atoms with Crippen molar-refractivity contribution in [1.29, 1.82) is 0 Å². The molecule has 0 saturated carbocycles. The molecule has 34 heavy (non-hydrogen) atoms. The van der Waals surface area contributed by atoms with Gasteiger partial charge in [0.15, 0.2) is 35.7 Å². The van der Waals surface area contributed by atoms with E-state index < -0.39 is 89.6 Å². The van der Waals surface area contributed by atoms with Gasteiger partial charge in [-0.3, -0.25) is 4.79 Å². The zero-order chi connectivity index (χ0) is 24.9. The van der Waals surface area contributed by atoms with Crippen molar-refractivity contribution in [3.8, 4) is 34.5 Å². The Hall–Kier alpha value is -3.33. The van der Waals surface area contributed by atoms with Crippen LogP contribution in [0.3, 0.4) is 0 Å². The van der Waals surface area contributed by atoms with E-state index in [9.17, 15) is 50.8 Å². The number of phenols is 5. The van der Waals surface area contributed by atoms with Gasteiger partial charge in [0.2, 0.25) is 5.78 Å². The second-order valence-electron chi connectivity index (χ2n) is 7.90. The van der Waals surface area contributed by atoms with Crippen molar-refractivity contribution < 1.29 is 65.0 Å². The molecule has 1 fully saturated rings. The third kappa shape index (κ3) is 3.94. The predicted molar refractivity (Wildman–Crippen MR) is 108 cm³/mol. The van der Waals surface area contributed by atoms with Crippen LogP contribution in [0.25, 0.3) is 0 Å². The van der Waals surface area contributed by atoms with Crippen LogP contribution in [0.15, 0.2) is 24.3 Å². The molecule has 1 saturated heterocycles. The molecule has 13 nitrogen and oxygen atoms in total. The van der Waals surface area contributed by atoms with Crippen LogP contribution < -0.4 is 4.74 Å². The van der Waals surface area contributed by atoms with Crippen LogP contribution in [0, 0.1) is 0 Å². The first-order chi connectivity index (χ1) is 16.0. The van der Waals surface area contributed by atoms with Gasteiger partial charge in [-0.2, -0.15) is 0 Å². The Labute approximate surface area is 190 Å². The number of aliphatic hydroxyl groups excluding tert-OH is 4. The molecule has 0 aromatic heterocycles. The number of aromatic hydroxyl groups is 5. The smallest absolute Gasteiger partial charge is 0.203 e. The maximum atomic E-state index is 13.3. The third-order valence-electron chi connectivity index (χ3n) is 5.65. The normalized spacial score (nSPS) is 31.1. The maximum Gasteiger partial charge on any atom is 0.203 e. The second-order valence-corrected chi connectivity index (χ2v) is 7.90. The van der Waals surface area contributed by atoms with Crippen molar-refractivity contribution in [1.82, 2.24) is 0 Å². The molecule has 0 spiro atoms. The lowest BCUT2D eigenvalue weighted by molar-refractivity contribution is -0.311. The molecule has 2 aliphatic heterocycles. The number of rotatable bonds is 4. The van der Waals surface area contributed by atoms with Crippen LogP contribution in [-0.4, -0.2) is 95.2 Å². The van der Waals surface area contributed by atoms with Crippen LogP contribution in [0.4, 0.5) is 0 Å². The Morgan fingerprint density at radius 1 is 0.853 bits per heavy atom. The molecule has 0 bridgehead atoms. The molecule has 2 aromatic carbocycles. The van der Waals surface area contributed by atoms with Gasteiger partial charge in [-0.1, -0.05) is 0 Å². The molecule has 2 aromatic rings. The number of ketones is 1. The highest BCUT2D eigenvalue weighted by atomic mass is 16.7. The number of Topliss-reactive ketones (excluding diaryl/α,β-unsaturated/α-hetero) is 1. The summed E-state index contributed by atoms with van der Waals surface area (Å²) in [7, 11) is 0. The number of aliphatic hydroxyl groups is 4. The molecule has 2 aliphatic rings. The lowest BCUT2D eigenvalue weighted by Gasteiger charge is -2.42. The van der Waals surface area contributed by atoms with Crippen molar-refractivity contribution in [2.45, 2.75) is 42.9 Å². The van der Waals surface area contributed by atoms with Gasteiger partial charge in [-0.05, 0) is 12.1 Å². The molecule has 2 heterocycles. The molecule has 0 radical (unpaired) electrons. The van der Waals surface area contributed by atoms with Crippen molar-refractivity contribution in [3.05, 3.63) is 35.4 Å². The summed E-state index contributed by atoms with van der Waals surface area (Å²) in [5.74, 6) is -4.65. The number of carbonyl (C=O) groups is 1. The molecular formula is C21H22O13. The number of phenolic OH excluding ortho intramolecular Hbond substituents is 5. The highest BCUT2D eigenvalue weighted by Crippen LogP contribution is 2.46. The van der Waals surface area contributed by atoms with Gasteiger partial charge >= 0.3 is 0 Å². The lowest BCUT2D eigenvalue weighted by Crippen LogP contribution is -2.60. The van der Waals surface area contributed by atoms with E-state index >= 15 is 0 Å². The first kappa shape index (κ1) is 23.8. The van der Waals surface area contributed by atoms with E-state index in [1.165, 1.54) is 0 Å². The fourth-order valence-corrected chi connectivity index (χ4v) is 3.90. The zero-order valence-corrected chi connectivity index (χ0v) is 17.2. The van der Waals surface area contributed by atoms with Gasteiger partial charge in [-0.15, -0.1) is 0 Å². The highest BCUT2D eigenvalue weighted by molar-refractivity contribution is 6.05. The van der Waals surface area contributed by atoms with Crippen molar-refractivity contribution in [2.24, 2.45) is 0 Å². The summed E-state index contributed by atoms with van der Waals surface area (Å²) in [4.78, 5) is 13.3. The number of hydrogen-bond donors (Lipinski definition) is 9. The van der Waals surface area contributed by atoms with E-state index in [1.54, 1.807) is 0 Å². The molecule has 0 aliphatic carbocycles. The molecular weight excluding hydrogens is 460 g/mol. The Bertz CT molecular complexity index is 1080. The summed E-state index contributed by atoms with van der Waals surface area (Å²) in [6, 6.07) is 3.84. The van der Waals surface area contributed by atoms with Gasteiger partial charge in [0, 0.05) is 17.7 Å². The summed E-state index contributed by atoms with van der Waals surface area (Å²) >= 11 is 0. The van der Waals surface area contributed by atoms with E-state index in [-0.39, 0.29) is 11.3 Å². The number of benzene rings is 2. The summed E-state index contributed by atoms with van der Waals surface area (Å²) in [5, 5.41) is 89.2. The molecule has 7 atom stereocenters. The van der Waals surface area contributed by atoms with Gasteiger partial charge in [0.1, 0.15) is 47.2 Å². The van der Waals surface area contributed by atoms with Gasteiger partial charge < -0.3 is 60.2 Å². The molecule has 0 amide bonds. The van der Waals surface area contributed by atoms with E-state index in [1.807, 2.05) is 0 Å². The molecule has 9 N–H and O–H groups in total. The topological polar surface area (TPSA) is 227 Å². The van der Waals surface area contributed by atoms with Gasteiger partial charge in [-0.25, -0.2) is 0 Å². The quantitative estimate of drug-likeness (QED) is 0.232. The molecule has 4 rings (SSSR count). The maximum absolute atomic E-state index is 13.3. The summed E-state index contributed by atoms with van der Waals surface area (Å²) in [6.45, 7) is -0.758. The van der Waals surface area contributed by atoms with Crippen molar-refractivity contribution >= 4 is 5.78 Å². The zero-order valence-electron chi connectivity index (χ0n) is 17.2. The SMILES string of the molecule is O=C1c2c(O)cc(O)cc2OC(c2cc(O)c(O)c(O)c2)C1OC1OC(CO)C(O)C(O)C1O. The molecule has 7 unspecified atom stereocenters. The van der Waals surface area contributed by atoms with E-state index in [2.05, 4.69) is 0 Å². The second kappa shape index (κ2) is 8.79. The fourth-order valence-electron chi connectivity index (χ4n) is 3.90. The summed E-state index contributed by atoms with van der Waals surface area (Å²) < 4.78 is 16.6. The minimum absolute atomic E-state index is 0.0933. The minimum atomic E-state index is -1.87. The standard InChI is InChI=1S/C21H22O13/c22-5-12-15(28)17(30)18(31)21(33-12)34-20-16(29)13-8(24)3-7(23)4-11(13)32-19(20)6-1-9(25)14(27)10(26)2-6/h1-4,12,15,17-28,30-31H,5H2. The summed E-state index contributed by atoms with van der Waals surface area (Å²) in [5.41, 5.74) is -0.486. The van der Waals surface area contributed by atoms with Crippen LogP contribution in [0.1, 0.15) is 22.0 Å². The molecule has 13 heteroatoms. The average molecular weight is 482 g/mol. The van der Waals surface area contributed by atoms with E-state index in [0.717, 1.165) is 24.3 Å². The Kier molecular flexibility index (Phi) is 6.16. The summed E-state index contributed by atoms with van der Waals surface area (Å²) in [6.07, 6.45) is -11.7. The third-order valence-corrected chi connectivity index (χ3v) is 5.65. The van der Waals surface area contributed by atoms with E-state index in [4.69, 9.17) is 14.2 Å².